The predicted octanol–water partition coefficient (Wildman–Crippen LogP) is 1.21. The summed E-state index contributed by atoms with van der Waals surface area (Å²) in [6.07, 6.45) is 2.13. The second kappa shape index (κ2) is 5.36. The van der Waals surface area contributed by atoms with Gasteiger partial charge in [-0.2, -0.15) is 5.26 Å². The summed E-state index contributed by atoms with van der Waals surface area (Å²) in [5.41, 5.74) is 0.508. The minimum absolute atomic E-state index is 0.103. The van der Waals surface area contributed by atoms with Gasteiger partial charge in [0.1, 0.15) is 11.9 Å². The molecule has 0 aromatic carbocycles. The smallest absolute Gasteiger partial charge is 0.409 e. The monoisotopic (exact) mass is 246 g/mol. The largest absolute Gasteiger partial charge is 0.453 e. The summed E-state index contributed by atoms with van der Waals surface area (Å²) in [6, 6.07) is 5.62. The molecule has 1 aromatic heterocycles. The fraction of sp³-hybridized carbons (Fsp3) is 0.417. The molecule has 18 heavy (non-hydrogen) atoms. The lowest BCUT2D eigenvalue weighted by atomic mass is 10.2. The molecule has 0 bridgehead atoms. The van der Waals surface area contributed by atoms with Gasteiger partial charge in [-0.05, 0) is 18.6 Å². The van der Waals surface area contributed by atoms with Gasteiger partial charge in [0.2, 0.25) is 0 Å². The van der Waals surface area contributed by atoms with E-state index >= 15 is 0 Å². The summed E-state index contributed by atoms with van der Waals surface area (Å²) in [7, 11) is 1.37. The SMILES string of the molecule is COC(=O)N1CCC(Nc2ncccc2C#N)C1. The normalized spacial score (nSPS) is 18.2. The number of anilines is 1. The summed E-state index contributed by atoms with van der Waals surface area (Å²) in [5.74, 6) is 0.566. The Balaban J connectivity index is 2.00. The molecule has 1 amide bonds. The second-order valence-corrected chi connectivity index (χ2v) is 4.06. The van der Waals surface area contributed by atoms with Crippen LogP contribution in [0.5, 0.6) is 0 Å². The highest BCUT2D eigenvalue weighted by atomic mass is 16.5. The van der Waals surface area contributed by atoms with Crippen LogP contribution in [0.3, 0.4) is 0 Å². The first kappa shape index (κ1) is 12.2. The zero-order chi connectivity index (χ0) is 13.0. The van der Waals surface area contributed by atoms with E-state index in [4.69, 9.17) is 5.26 Å². The third-order valence-electron chi connectivity index (χ3n) is 2.89. The van der Waals surface area contributed by atoms with Crippen LogP contribution in [0.1, 0.15) is 12.0 Å². The van der Waals surface area contributed by atoms with Crippen LogP contribution in [0.15, 0.2) is 18.3 Å². The van der Waals surface area contributed by atoms with Crippen molar-refractivity contribution in [2.24, 2.45) is 0 Å². The van der Waals surface area contributed by atoms with Crippen molar-refractivity contribution in [2.45, 2.75) is 12.5 Å². The van der Waals surface area contributed by atoms with Crippen LogP contribution >= 0.6 is 0 Å². The Morgan fingerprint density at radius 3 is 3.28 bits per heavy atom. The molecule has 0 spiro atoms. The van der Waals surface area contributed by atoms with E-state index in [0.29, 0.717) is 24.5 Å². The van der Waals surface area contributed by atoms with Crippen molar-refractivity contribution in [3.05, 3.63) is 23.9 Å². The number of carbonyl (C=O) groups excluding carboxylic acids is 1. The van der Waals surface area contributed by atoms with Crippen LogP contribution < -0.4 is 5.32 Å². The standard InChI is InChI=1S/C12H14N4O2/c1-18-12(17)16-6-4-10(8-16)15-11-9(7-13)3-2-5-14-11/h2-3,5,10H,4,6,8H2,1H3,(H,14,15). The number of aromatic nitrogens is 1. The molecule has 1 fully saturated rings. The molecule has 0 aliphatic carbocycles. The van der Waals surface area contributed by atoms with Crippen molar-refractivity contribution in [3.63, 3.8) is 0 Å². The first-order valence-corrected chi connectivity index (χ1v) is 5.69. The summed E-state index contributed by atoms with van der Waals surface area (Å²) in [6.45, 7) is 1.22. The van der Waals surface area contributed by atoms with E-state index in [1.54, 1.807) is 23.2 Å². The number of hydrogen-bond donors (Lipinski definition) is 1. The minimum Gasteiger partial charge on any atom is -0.453 e. The van der Waals surface area contributed by atoms with Crippen molar-refractivity contribution >= 4 is 11.9 Å². The molecule has 6 heteroatoms. The predicted molar refractivity (Wildman–Crippen MR) is 65.0 cm³/mol. The summed E-state index contributed by atoms with van der Waals surface area (Å²) in [5, 5.41) is 12.1. The third-order valence-corrected chi connectivity index (χ3v) is 2.89. The number of nitrogens with zero attached hydrogens (tertiary/aromatic N) is 3. The molecule has 1 atom stereocenters. The van der Waals surface area contributed by atoms with Gasteiger partial charge in [-0.1, -0.05) is 0 Å². The van der Waals surface area contributed by atoms with E-state index in [1.807, 2.05) is 0 Å². The van der Waals surface area contributed by atoms with Gasteiger partial charge in [0.05, 0.1) is 12.7 Å². The van der Waals surface area contributed by atoms with Crippen molar-refractivity contribution in [3.8, 4) is 6.07 Å². The fourth-order valence-corrected chi connectivity index (χ4v) is 1.98. The van der Waals surface area contributed by atoms with Crippen molar-refractivity contribution in [2.75, 3.05) is 25.5 Å². The zero-order valence-electron chi connectivity index (χ0n) is 10.1. The van der Waals surface area contributed by atoms with Gasteiger partial charge < -0.3 is 15.0 Å². The second-order valence-electron chi connectivity index (χ2n) is 4.06. The molecule has 1 aromatic rings. The summed E-state index contributed by atoms with van der Waals surface area (Å²) >= 11 is 0. The molecule has 1 saturated heterocycles. The van der Waals surface area contributed by atoms with E-state index < -0.39 is 0 Å². The molecule has 0 saturated carbocycles. The molecule has 2 rings (SSSR count). The number of likely N-dealkylation sites (tertiary alicyclic amines) is 1. The Hall–Kier alpha value is -2.29. The van der Waals surface area contributed by atoms with E-state index in [1.165, 1.54) is 7.11 Å². The number of pyridine rings is 1. The van der Waals surface area contributed by atoms with Crippen molar-refractivity contribution in [1.82, 2.24) is 9.88 Å². The molecule has 94 valence electrons. The quantitative estimate of drug-likeness (QED) is 0.848. The summed E-state index contributed by atoms with van der Waals surface area (Å²) < 4.78 is 4.67. The van der Waals surface area contributed by atoms with Crippen LogP contribution in [-0.4, -0.2) is 42.2 Å². The lowest BCUT2D eigenvalue weighted by Gasteiger charge is -2.16. The first-order chi connectivity index (χ1) is 8.74. The van der Waals surface area contributed by atoms with Gasteiger partial charge in [-0.15, -0.1) is 0 Å². The maximum atomic E-state index is 11.3. The Labute approximate surface area is 105 Å². The van der Waals surface area contributed by atoms with Crippen LogP contribution in [0.2, 0.25) is 0 Å². The lowest BCUT2D eigenvalue weighted by Crippen LogP contribution is -2.31. The molecule has 6 nitrogen and oxygen atoms in total. The van der Waals surface area contributed by atoms with Crippen LogP contribution in [0, 0.1) is 11.3 Å². The zero-order valence-corrected chi connectivity index (χ0v) is 10.1. The van der Waals surface area contributed by atoms with E-state index in [0.717, 1.165) is 6.42 Å². The molecule has 1 unspecified atom stereocenters. The van der Waals surface area contributed by atoms with Crippen LogP contribution in [-0.2, 0) is 4.74 Å². The minimum atomic E-state index is -0.319. The highest BCUT2D eigenvalue weighted by Gasteiger charge is 2.27. The summed E-state index contributed by atoms with van der Waals surface area (Å²) in [4.78, 5) is 17.1. The van der Waals surface area contributed by atoms with Gasteiger partial charge in [-0.25, -0.2) is 9.78 Å². The number of rotatable bonds is 2. The number of nitriles is 1. The number of hydrogen-bond acceptors (Lipinski definition) is 5. The Morgan fingerprint density at radius 1 is 1.72 bits per heavy atom. The van der Waals surface area contributed by atoms with E-state index in [2.05, 4.69) is 21.1 Å². The number of carbonyl (C=O) groups is 1. The van der Waals surface area contributed by atoms with Crippen molar-refractivity contribution < 1.29 is 9.53 Å². The number of methoxy groups -OCH3 is 1. The third kappa shape index (κ3) is 2.51. The molecule has 0 radical (unpaired) electrons. The molecule has 1 N–H and O–H groups in total. The number of nitrogens with one attached hydrogen (secondary N) is 1. The van der Waals surface area contributed by atoms with Gasteiger partial charge in [0.25, 0.3) is 0 Å². The van der Waals surface area contributed by atoms with Crippen LogP contribution in [0.25, 0.3) is 0 Å². The fourth-order valence-electron chi connectivity index (χ4n) is 1.98. The highest BCUT2D eigenvalue weighted by Crippen LogP contribution is 2.17. The van der Waals surface area contributed by atoms with Crippen molar-refractivity contribution in [1.29, 1.82) is 5.26 Å². The lowest BCUT2D eigenvalue weighted by molar-refractivity contribution is 0.133. The van der Waals surface area contributed by atoms with Gasteiger partial charge in [0.15, 0.2) is 0 Å². The molecule has 2 heterocycles. The molecule has 1 aliphatic heterocycles. The average Bonchev–Trinajstić information content (AvgIpc) is 2.87. The first-order valence-electron chi connectivity index (χ1n) is 5.69. The van der Waals surface area contributed by atoms with E-state index in [-0.39, 0.29) is 12.1 Å². The Morgan fingerprint density at radius 2 is 2.56 bits per heavy atom. The average molecular weight is 246 g/mol. The molecule has 1 aliphatic rings. The topological polar surface area (TPSA) is 78.2 Å². The number of ether oxygens (including phenoxy) is 1. The maximum absolute atomic E-state index is 11.3. The maximum Gasteiger partial charge on any atom is 0.409 e. The Kier molecular flexibility index (Phi) is 3.63. The highest BCUT2D eigenvalue weighted by molar-refractivity contribution is 5.68. The van der Waals surface area contributed by atoms with Gasteiger partial charge in [0, 0.05) is 25.3 Å². The van der Waals surface area contributed by atoms with E-state index in [9.17, 15) is 4.79 Å². The number of amides is 1. The van der Waals surface area contributed by atoms with Gasteiger partial charge >= 0.3 is 6.09 Å². The van der Waals surface area contributed by atoms with Crippen LogP contribution in [0.4, 0.5) is 10.6 Å². The van der Waals surface area contributed by atoms with Gasteiger partial charge in [-0.3, -0.25) is 0 Å². The molecular formula is C12H14N4O2. The Bertz CT molecular complexity index is 483. The molecular weight excluding hydrogens is 232 g/mol.